The van der Waals surface area contributed by atoms with Crippen LogP contribution in [-0.4, -0.2) is 53.7 Å². The second kappa shape index (κ2) is 8.61. The number of nitrogens with one attached hydrogen (secondary N) is 1. The first kappa shape index (κ1) is 23.2. The van der Waals surface area contributed by atoms with Crippen LogP contribution in [0.2, 0.25) is 0 Å². The van der Waals surface area contributed by atoms with E-state index in [1.807, 2.05) is 29.3 Å². The molecule has 2 aliphatic heterocycles. The predicted octanol–water partition coefficient (Wildman–Crippen LogP) is 4.41. The lowest BCUT2D eigenvalue weighted by Crippen LogP contribution is -2.45. The van der Waals surface area contributed by atoms with Gasteiger partial charge in [-0.2, -0.15) is 18.4 Å². The monoisotopic (exact) mass is 482 g/mol. The number of hydrogen-bond acceptors (Lipinski definition) is 4. The molecule has 2 fully saturated rings. The van der Waals surface area contributed by atoms with Crippen molar-refractivity contribution in [2.24, 2.45) is 11.3 Å². The van der Waals surface area contributed by atoms with Crippen molar-refractivity contribution in [2.45, 2.75) is 19.0 Å². The van der Waals surface area contributed by atoms with Gasteiger partial charge in [0.25, 0.3) is 5.91 Å². The summed E-state index contributed by atoms with van der Waals surface area (Å²) in [7, 11) is 0. The second-order valence-electron chi connectivity index (χ2n) is 9.53. The number of nitriles is 1. The minimum atomic E-state index is -4.60. The van der Waals surface area contributed by atoms with Crippen LogP contribution < -0.4 is 4.90 Å². The number of aliphatic hydroxyl groups is 1. The zero-order chi connectivity index (χ0) is 24.8. The molecule has 2 aromatic carbocycles. The van der Waals surface area contributed by atoms with E-state index in [0.717, 1.165) is 17.0 Å². The smallest absolute Gasteiger partial charge is 0.396 e. The van der Waals surface area contributed by atoms with E-state index in [0.29, 0.717) is 50.3 Å². The Hall–Kier alpha value is -3.51. The minimum Gasteiger partial charge on any atom is -0.396 e. The fourth-order valence-corrected chi connectivity index (χ4v) is 5.65. The molecule has 5 rings (SSSR count). The molecule has 1 amide bonds. The topological polar surface area (TPSA) is 83.4 Å². The van der Waals surface area contributed by atoms with E-state index in [-0.39, 0.29) is 23.8 Å². The molecule has 1 aromatic heterocycles. The van der Waals surface area contributed by atoms with Crippen LogP contribution in [0.5, 0.6) is 0 Å². The molecular formula is C26H25F3N4O2. The largest absolute Gasteiger partial charge is 0.417 e. The number of rotatable bonds is 3. The fraction of sp³-hybridized carbons (Fsp3) is 0.385. The zero-order valence-corrected chi connectivity index (χ0v) is 19.0. The summed E-state index contributed by atoms with van der Waals surface area (Å²) in [6.45, 7) is 1.94. The van der Waals surface area contributed by atoms with Crippen molar-refractivity contribution in [1.29, 1.82) is 5.26 Å². The van der Waals surface area contributed by atoms with Gasteiger partial charge in [-0.3, -0.25) is 4.79 Å². The van der Waals surface area contributed by atoms with Crippen molar-refractivity contribution in [3.05, 3.63) is 65.4 Å². The molecular weight excluding hydrogens is 457 g/mol. The number of fused-ring (bicyclic) bond motifs is 1. The van der Waals surface area contributed by atoms with Crippen molar-refractivity contribution in [2.75, 3.05) is 37.7 Å². The van der Waals surface area contributed by atoms with E-state index in [1.54, 1.807) is 23.1 Å². The van der Waals surface area contributed by atoms with Gasteiger partial charge in [-0.25, -0.2) is 0 Å². The van der Waals surface area contributed by atoms with Crippen LogP contribution in [-0.2, 0) is 6.18 Å². The number of halogens is 3. The molecule has 2 saturated heterocycles. The lowest BCUT2D eigenvalue weighted by Gasteiger charge is -2.43. The highest BCUT2D eigenvalue weighted by molar-refractivity contribution is 5.98. The van der Waals surface area contributed by atoms with E-state index in [4.69, 9.17) is 5.26 Å². The second-order valence-corrected chi connectivity index (χ2v) is 9.53. The third kappa shape index (κ3) is 4.12. The van der Waals surface area contributed by atoms with Crippen molar-refractivity contribution >= 4 is 22.5 Å². The Balaban J connectivity index is 1.32. The highest BCUT2D eigenvalue weighted by Crippen LogP contribution is 2.46. The molecule has 0 bridgehead atoms. The average Bonchev–Trinajstić information content (AvgIpc) is 3.47. The number of piperidine rings is 1. The molecule has 0 aliphatic carbocycles. The third-order valence-corrected chi connectivity index (χ3v) is 7.67. The number of nitrogens with zero attached hydrogens (tertiary/aromatic N) is 3. The average molecular weight is 483 g/mol. The van der Waals surface area contributed by atoms with Crippen molar-refractivity contribution < 1.29 is 23.1 Å². The summed E-state index contributed by atoms with van der Waals surface area (Å²) < 4.78 is 40.2. The van der Waals surface area contributed by atoms with Gasteiger partial charge in [0.2, 0.25) is 0 Å². The number of benzene rings is 2. The van der Waals surface area contributed by atoms with Gasteiger partial charge in [-0.05, 0) is 60.7 Å². The summed E-state index contributed by atoms with van der Waals surface area (Å²) in [4.78, 5) is 20.1. The Morgan fingerprint density at radius 1 is 1.17 bits per heavy atom. The first-order valence-electron chi connectivity index (χ1n) is 11.6. The predicted molar refractivity (Wildman–Crippen MR) is 125 cm³/mol. The molecule has 3 heterocycles. The summed E-state index contributed by atoms with van der Waals surface area (Å²) in [6.07, 6.45) is -1.47. The number of aromatic nitrogens is 1. The fourth-order valence-electron chi connectivity index (χ4n) is 5.65. The highest BCUT2D eigenvalue weighted by atomic mass is 19.4. The number of anilines is 1. The summed E-state index contributed by atoms with van der Waals surface area (Å²) in [6, 6.07) is 12.9. The van der Waals surface area contributed by atoms with E-state index in [9.17, 15) is 23.1 Å². The van der Waals surface area contributed by atoms with Crippen molar-refractivity contribution in [1.82, 2.24) is 9.88 Å². The van der Waals surface area contributed by atoms with Crippen LogP contribution in [0, 0.1) is 22.7 Å². The number of alkyl halides is 3. The van der Waals surface area contributed by atoms with Gasteiger partial charge in [-0.1, -0.05) is 0 Å². The van der Waals surface area contributed by atoms with Crippen LogP contribution >= 0.6 is 0 Å². The first-order chi connectivity index (χ1) is 16.7. The number of hydrogen-bond donors (Lipinski definition) is 2. The highest BCUT2D eigenvalue weighted by Gasteiger charge is 2.49. The normalized spacial score (nSPS) is 19.9. The number of carbonyl (C=O) groups excluding carboxylic acids is 1. The number of likely N-dealkylation sites (tertiary alicyclic amines) is 1. The minimum absolute atomic E-state index is 0.0459. The number of amides is 1. The van der Waals surface area contributed by atoms with Crippen LogP contribution in [0.25, 0.3) is 10.9 Å². The van der Waals surface area contributed by atoms with Gasteiger partial charge in [-0.15, -0.1) is 0 Å². The summed E-state index contributed by atoms with van der Waals surface area (Å²) in [5.41, 5.74) is 0.383. The molecule has 2 N–H and O–H groups in total. The van der Waals surface area contributed by atoms with Gasteiger partial charge >= 0.3 is 6.18 Å². The lowest BCUT2D eigenvalue weighted by atomic mass is 9.71. The Bertz CT molecular complexity index is 1300. The summed E-state index contributed by atoms with van der Waals surface area (Å²) in [5, 5.41) is 20.1. The summed E-state index contributed by atoms with van der Waals surface area (Å²) >= 11 is 0. The van der Waals surface area contributed by atoms with Gasteiger partial charge in [0, 0.05) is 67.1 Å². The van der Waals surface area contributed by atoms with Crippen LogP contribution in [0.3, 0.4) is 0 Å². The Kier molecular flexibility index (Phi) is 5.72. The van der Waals surface area contributed by atoms with Gasteiger partial charge < -0.3 is 19.9 Å². The maximum absolute atomic E-state index is 13.4. The first-order valence-corrected chi connectivity index (χ1v) is 11.6. The molecule has 1 unspecified atom stereocenters. The summed E-state index contributed by atoms with van der Waals surface area (Å²) in [5.74, 6) is -0.163. The molecule has 3 aromatic rings. The maximum Gasteiger partial charge on any atom is 0.417 e. The van der Waals surface area contributed by atoms with Crippen LogP contribution in [0.1, 0.15) is 34.3 Å². The molecule has 6 nitrogen and oxygen atoms in total. The number of carbonyl (C=O) groups is 1. The Labute approximate surface area is 200 Å². The molecule has 9 heteroatoms. The maximum atomic E-state index is 13.4. The van der Waals surface area contributed by atoms with Crippen molar-refractivity contribution in [3.63, 3.8) is 0 Å². The van der Waals surface area contributed by atoms with E-state index < -0.39 is 17.3 Å². The molecule has 0 saturated carbocycles. The Morgan fingerprint density at radius 3 is 2.63 bits per heavy atom. The van der Waals surface area contributed by atoms with Crippen LogP contribution in [0.15, 0.2) is 48.7 Å². The third-order valence-electron chi connectivity index (χ3n) is 7.67. The number of aromatic amines is 1. The van der Waals surface area contributed by atoms with E-state index in [1.165, 1.54) is 6.07 Å². The molecule has 2 aliphatic rings. The standard InChI is InChI=1S/C26H25F3N4O2/c27-26(28,29)22-12-21(3-1-19(22)13-30)32-9-6-25(7-10-32)16-33(14-20(25)15-34)24(35)18-2-4-23-17(11-18)5-8-31-23/h1-5,8,11-12,20,31,34H,6-7,9-10,14-16H2. The molecule has 1 atom stereocenters. The van der Waals surface area contributed by atoms with Gasteiger partial charge in [0.05, 0.1) is 17.2 Å². The molecule has 35 heavy (non-hydrogen) atoms. The zero-order valence-electron chi connectivity index (χ0n) is 19.0. The molecule has 0 radical (unpaired) electrons. The molecule has 1 spiro atoms. The SMILES string of the molecule is N#Cc1ccc(N2CCC3(CC2)CN(C(=O)c2ccc4[nH]ccc4c2)CC3CO)cc1C(F)(F)F. The van der Waals surface area contributed by atoms with Crippen molar-refractivity contribution in [3.8, 4) is 6.07 Å². The van der Waals surface area contributed by atoms with Crippen LogP contribution in [0.4, 0.5) is 18.9 Å². The lowest BCUT2D eigenvalue weighted by molar-refractivity contribution is -0.137. The Morgan fingerprint density at radius 2 is 1.94 bits per heavy atom. The van der Waals surface area contributed by atoms with E-state index >= 15 is 0 Å². The quantitative estimate of drug-likeness (QED) is 0.579. The van der Waals surface area contributed by atoms with Gasteiger partial charge in [0.1, 0.15) is 0 Å². The number of H-pyrrole nitrogens is 1. The van der Waals surface area contributed by atoms with Gasteiger partial charge in [0.15, 0.2) is 0 Å². The number of aliphatic hydroxyl groups excluding tert-OH is 1. The molecule has 182 valence electrons. The van der Waals surface area contributed by atoms with E-state index in [2.05, 4.69) is 4.98 Å².